The third-order valence-corrected chi connectivity index (χ3v) is 3.73. The first-order chi connectivity index (χ1) is 12.5. The number of hydrogen-bond donors (Lipinski definition) is 2. The highest BCUT2D eigenvalue weighted by atomic mass is 127. The van der Waals surface area contributed by atoms with Gasteiger partial charge in [-0.2, -0.15) is 0 Å². The molecule has 0 heterocycles. The molecule has 0 saturated carbocycles. The average Bonchev–Trinajstić information content (AvgIpc) is 2.63. The van der Waals surface area contributed by atoms with E-state index in [1.54, 1.807) is 21.3 Å². The minimum atomic E-state index is 0. The van der Waals surface area contributed by atoms with E-state index in [1.165, 1.54) is 11.1 Å². The van der Waals surface area contributed by atoms with Crippen LogP contribution in [-0.2, 0) is 0 Å². The van der Waals surface area contributed by atoms with Gasteiger partial charge in [-0.3, -0.25) is 4.99 Å². The van der Waals surface area contributed by atoms with E-state index >= 15 is 0 Å². The van der Waals surface area contributed by atoms with Crippen LogP contribution in [0.5, 0.6) is 17.2 Å². The Morgan fingerprint density at radius 1 is 0.963 bits per heavy atom. The number of benzene rings is 2. The van der Waals surface area contributed by atoms with Gasteiger partial charge in [0.2, 0.25) is 0 Å². The standard InChI is InChI=1S/C20H27N3O3.HI/c1-14-10-15(2)12-17(11-14)26-9-8-22-20(21-3)23-16-6-7-18(24-4)19(13-16)25-5;/h6-7,10-13H,8-9H2,1-5H3,(H2,21,22,23);1H. The molecule has 0 bridgehead atoms. The number of halogens is 1. The summed E-state index contributed by atoms with van der Waals surface area (Å²) in [7, 11) is 4.95. The molecule has 0 atom stereocenters. The number of nitrogens with zero attached hydrogens (tertiary/aromatic N) is 1. The molecule has 0 aliphatic heterocycles. The molecule has 2 rings (SSSR count). The average molecular weight is 485 g/mol. The number of methoxy groups -OCH3 is 2. The quantitative estimate of drug-likeness (QED) is 0.269. The third kappa shape index (κ3) is 7.16. The topological polar surface area (TPSA) is 64.1 Å². The zero-order chi connectivity index (χ0) is 18.9. The molecule has 0 spiro atoms. The summed E-state index contributed by atoms with van der Waals surface area (Å²) >= 11 is 0. The van der Waals surface area contributed by atoms with Crippen LogP contribution in [0.1, 0.15) is 11.1 Å². The highest BCUT2D eigenvalue weighted by Crippen LogP contribution is 2.29. The summed E-state index contributed by atoms with van der Waals surface area (Å²) in [5.41, 5.74) is 3.24. The molecule has 0 unspecified atom stereocenters. The Morgan fingerprint density at radius 3 is 2.22 bits per heavy atom. The van der Waals surface area contributed by atoms with E-state index in [9.17, 15) is 0 Å². The Bertz CT molecular complexity index is 746. The molecule has 0 saturated heterocycles. The molecule has 0 aliphatic rings. The molecule has 0 fully saturated rings. The van der Waals surface area contributed by atoms with Crippen LogP contribution >= 0.6 is 24.0 Å². The molecule has 2 aromatic rings. The fraction of sp³-hybridized carbons (Fsp3) is 0.350. The Morgan fingerprint density at radius 2 is 1.63 bits per heavy atom. The third-order valence-electron chi connectivity index (χ3n) is 3.73. The second kappa shape index (κ2) is 11.5. The number of ether oxygens (including phenoxy) is 3. The fourth-order valence-electron chi connectivity index (χ4n) is 2.58. The van der Waals surface area contributed by atoms with E-state index in [-0.39, 0.29) is 24.0 Å². The van der Waals surface area contributed by atoms with Crippen LogP contribution in [0, 0.1) is 13.8 Å². The second-order valence-corrected chi connectivity index (χ2v) is 5.87. The van der Waals surface area contributed by atoms with Gasteiger partial charge < -0.3 is 24.8 Å². The first kappa shape index (κ1) is 22.9. The van der Waals surface area contributed by atoms with Gasteiger partial charge in [-0.25, -0.2) is 0 Å². The van der Waals surface area contributed by atoms with Crippen molar-refractivity contribution in [3.05, 3.63) is 47.5 Å². The Balaban J connectivity index is 0.00000364. The summed E-state index contributed by atoms with van der Waals surface area (Å²) in [4.78, 5) is 4.22. The van der Waals surface area contributed by atoms with Crippen molar-refractivity contribution in [2.45, 2.75) is 13.8 Å². The molecule has 0 radical (unpaired) electrons. The fourth-order valence-corrected chi connectivity index (χ4v) is 2.58. The van der Waals surface area contributed by atoms with Crippen molar-refractivity contribution in [3.63, 3.8) is 0 Å². The highest BCUT2D eigenvalue weighted by Gasteiger charge is 2.06. The summed E-state index contributed by atoms with van der Waals surface area (Å²) in [5, 5.41) is 6.44. The number of anilines is 1. The lowest BCUT2D eigenvalue weighted by Gasteiger charge is -2.14. The van der Waals surface area contributed by atoms with E-state index in [4.69, 9.17) is 14.2 Å². The SMILES string of the molecule is CN=C(NCCOc1cc(C)cc(C)c1)Nc1ccc(OC)c(OC)c1.I. The predicted molar refractivity (Wildman–Crippen MR) is 121 cm³/mol. The summed E-state index contributed by atoms with van der Waals surface area (Å²) in [6.07, 6.45) is 0. The van der Waals surface area contributed by atoms with Crippen LogP contribution in [0.2, 0.25) is 0 Å². The van der Waals surface area contributed by atoms with Crippen molar-refractivity contribution >= 4 is 35.6 Å². The van der Waals surface area contributed by atoms with Crippen LogP contribution in [0.3, 0.4) is 0 Å². The molecule has 6 nitrogen and oxygen atoms in total. The Labute approximate surface area is 178 Å². The van der Waals surface area contributed by atoms with Crippen molar-refractivity contribution in [2.24, 2.45) is 4.99 Å². The maximum atomic E-state index is 5.80. The summed E-state index contributed by atoms with van der Waals surface area (Å²) in [6.45, 7) is 5.29. The molecule has 7 heteroatoms. The van der Waals surface area contributed by atoms with Crippen molar-refractivity contribution in [1.29, 1.82) is 0 Å². The van der Waals surface area contributed by atoms with Crippen molar-refractivity contribution in [3.8, 4) is 17.2 Å². The van der Waals surface area contributed by atoms with Gasteiger partial charge in [-0.15, -0.1) is 24.0 Å². The Kier molecular flexibility index (Phi) is 9.77. The Hall–Kier alpha value is -2.16. The van der Waals surface area contributed by atoms with Crippen LogP contribution in [0.15, 0.2) is 41.4 Å². The normalized spacial score (nSPS) is 10.6. The van der Waals surface area contributed by atoms with E-state index in [1.807, 2.05) is 30.3 Å². The lowest BCUT2D eigenvalue weighted by Crippen LogP contribution is -2.33. The maximum Gasteiger partial charge on any atom is 0.195 e. The van der Waals surface area contributed by atoms with Gasteiger partial charge >= 0.3 is 0 Å². The molecular weight excluding hydrogens is 457 g/mol. The van der Waals surface area contributed by atoms with Gasteiger partial charge in [0.05, 0.1) is 20.8 Å². The molecule has 0 aromatic heterocycles. The van der Waals surface area contributed by atoms with Gasteiger partial charge in [0.15, 0.2) is 17.5 Å². The van der Waals surface area contributed by atoms with Gasteiger partial charge in [-0.1, -0.05) is 6.07 Å². The zero-order valence-corrected chi connectivity index (χ0v) is 18.8. The van der Waals surface area contributed by atoms with E-state index in [0.29, 0.717) is 30.6 Å². The lowest BCUT2D eigenvalue weighted by molar-refractivity contribution is 0.322. The molecular formula is C20H28IN3O3. The lowest BCUT2D eigenvalue weighted by atomic mass is 10.1. The van der Waals surface area contributed by atoms with Crippen LogP contribution in [0.25, 0.3) is 0 Å². The molecule has 0 aliphatic carbocycles. The first-order valence-electron chi connectivity index (χ1n) is 8.46. The van der Waals surface area contributed by atoms with Crippen LogP contribution in [0.4, 0.5) is 5.69 Å². The predicted octanol–water partition coefficient (Wildman–Crippen LogP) is 4.00. The number of nitrogens with one attached hydrogen (secondary N) is 2. The molecule has 148 valence electrons. The zero-order valence-electron chi connectivity index (χ0n) is 16.5. The van der Waals surface area contributed by atoms with E-state index < -0.39 is 0 Å². The highest BCUT2D eigenvalue weighted by molar-refractivity contribution is 14.0. The van der Waals surface area contributed by atoms with Gasteiger partial charge in [0.1, 0.15) is 12.4 Å². The molecule has 2 N–H and O–H groups in total. The summed E-state index contributed by atoms with van der Waals surface area (Å²) < 4.78 is 16.4. The van der Waals surface area contributed by atoms with Gasteiger partial charge in [0.25, 0.3) is 0 Å². The smallest absolute Gasteiger partial charge is 0.195 e. The number of rotatable bonds is 7. The minimum absolute atomic E-state index is 0. The largest absolute Gasteiger partial charge is 0.493 e. The van der Waals surface area contributed by atoms with E-state index in [0.717, 1.165) is 11.4 Å². The van der Waals surface area contributed by atoms with Crippen LogP contribution in [-0.4, -0.2) is 40.4 Å². The molecule has 27 heavy (non-hydrogen) atoms. The molecule has 0 amide bonds. The number of hydrogen-bond acceptors (Lipinski definition) is 4. The van der Waals surface area contributed by atoms with Gasteiger partial charge in [0, 0.05) is 18.8 Å². The number of guanidine groups is 1. The van der Waals surface area contributed by atoms with Crippen molar-refractivity contribution < 1.29 is 14.2 Å². The summed E-state index contributed by atoms with van der Waals surface area (Å²) in [6, 6.07) is 11.8. The molecule has 2 aromatic carbocycles. The van der Waals surface area contributed by atoms with Crippen molar-refractivity contribution in [2.75, 3.05) is 39.7 Å². The van der Waals surface area contributed by atoms with E-state index in [2.05, 4.69) is 35.5 Å². The minimum Gasteiger partial charge on any atom is -0.493 e. The van der Waals surface area contributed by atoms with Crippen LogP contribution < -0.4 is 24.8 Å². The second-order valence-electron chi connectivity index (χ2n) is 5.87. The first-order valence-corrected chi connectivity index (χ1v) is 8.46. The van der Waals surface area contributed by atoms with Crippen molar-refractivity contribution in [1.82, 2.24) is 5.32 Å². The monoisotopic (exact) mass is 485 g/mol. The van der Waals surface area contributed by atoms with Gasteiger partial charge in [-0.05, 0) is 49.2 Å². The number of aryl methyl sites for hydroxylation is 2. The number of aliphatic imine (C=N–C) groups is 1. The summed E-state index contributed by atoms with van der Waals surface area (Å²) in [5.74, 6) is 2.88. The maximum absolute atomic E-state index is 5.80.